The van der Waals surface area contributed by atoms with Gasteiger partial charge >= 0.3 is 0 Å². The minimum Gasteiger partial charge on any atom is -0.306 e. The number of thiophene rings is 1. The largest absolute Gasteiger partial charge is 0.306 e. The highest BCUT2D eigenvalue weighted by Crippen LogP contribution is 2.27. The van der Waals surface area contributed by atoms with Gasteiger partial charge in [0.2, 0.25) is 0 Å². The molecule has 2 nitrogen and oxygen atoms in total. The minimum atomic E-state index is -0.168. The second kappa shape index (κ2) is 6.26. The Morgan fingerprint density at radius 1 is 1.15 bits per heavy atom. The van der Waals surface area contributed by atoms with Gasteiger partial charge in [-0.1, -0.05) is 18.2 Å². The van der Waals surface area contributed by atoms with Gasteiger partial charge in [-0.2, -0.15) is 11.3 Å². The molecule has 0 unspecified atom stereocenters. The van der Waals surface area contributed by atoms with Gasteiger partial charge in [-0.3, -0.25) is 0 Å². The van der Waals surface area contributed by atoms with Gasteiger partial charge in [0.1, 0.15) is 10.8 Å². The molecule has 0 spiro atoms. The van der Waals surface area contributed by atoms with Crippen molar-refractivity contribution in [1.29, 1.82) is 0 Å². The second-order valence-corrected chi connectivity index (χ2v) is 6.22. The molecule has 2 aromatic heterocycles. The van der Waals surface area contributed by atoms with E-state index in [9.17, 15) is 4.39 Å². The topological polar surface area (TPSA) is 24.9 Å². The fourth-order valence-corrected chi connectivity index (χ4v) is 3.49. The van der Waals surface area contributed by atoms with E-state index in [0.717, 1.165) is 5.01 Å². The van der Waals surface area contributed by atoms with Gasteiger partial charge in [0.25, 0.3) is 0 Å². The second-order valence-electron chi connectivity index (χ2n) is 4.33. The first kappa shape index (κ1) is 13.4. The molecule has 0 saturated carbocycles. The highest BCUT2D eigenvalue weighted by Gasteiger charge is 2.05. The Kier molecular flexibility index (Phi) is 4.20. The van der Waals surface area contributed by atoms with Crippen LogP contribution in [-0.4, -0.2) is 4.98 Å². The first-order valence-corrected chi connectivity index (χ1v) is 8.00. The summed E-state index contributed by atoms with van der Waals surface area (Å²) in [5, 5.41) is 8.42. The Bertz CT molecular complexity index is 677. The lowest BCUT2D eigenvalue weighted by molar-refractivity contribution is 0.587. The number of rotatable bonds is 5. The average Bonchev–Trinajstić information content (AvgIpc) is 3.11. The fourth-order valence-electron chi connectivity index (χ4n) is 1.88. The van der Waals surface area contributed by atoms with E-state index < -0.39 is 0 Å². The van der Waals surface area contributed by atoms with Crippen molar-refractivity contribution in [1.82, 2.24) is 10.3 Å². The maximum Gasteiger partial charge on any atom is 0.127 e. The highest BCUT2D eigenvalue weighted by atomic mass is 32.1. The Hall–Kier alpha value is -1.56. The number of halogens is 1. The van der Waals surface area contributed by atoms with Crippen molar-refractivity contribution in [2.24, 2.45) is 0 Å². The molecule has 0 radical (unpaired) electrons. The molecule has 0 aliphatic rings. The predicted molar refractivity (Wildman–Crippen MR) is 82.4 cm³/mol. The molecule has 5 heteroatoms. The van der Waals surface area contributed by atoms with Crippen LogP contribution in [0.15, 0.2) is 47.3 Å². The summed E-state index contributed by atoms with van der Waals surface area (Å²) in [6, 6.07) is 8.91. The number of hydrogen-bond acceptors (Lipinski definition) is 4. The van der Waals surface area contributed by atoms with Crippen LogP contribution >= 0.6 is 22.7 Å². The van der Waals surface area contributed by atoms with Crippen LogP contribution in [0.3, 0.4) is 0 Å². The molecule has 1 aromatic carbocycles. The van der Waals surface area contributed by atoms with E-state index in [1.165, 1.54) is 16.5 Å². The molecule has 0 aliphatic carbocycles. The normalized spacial score (nSPS) is 10.8. The third kappa shape index (κ3) is 3.12. The molecule has 2 heterocycles. The van der Waals surface area contributed by atoms with Crippen molar-refractivity contribution in [2.75, 3.05) is 0 Å². The zero-order valence-electron chi connectivity index (χ0n) is 10.7. The summed E-state index contributed by atoms with van der Waals surface area (Å²) in [5.74, 6) is -0.168. The Balaban J connectivity index is 1.58. The first-order chi connectivity index (χ1) is 9.83. The molecule has 0 saturated heterocycles. The van der Waals surface area contributed by atoms with Gasteiger partial charge in [0.05, 0.1) is 4.88 Å². The average molecular weight is 304 g/mol. The lowest BCUT2D eigenvalue weighted by Crippen LogP contribution is -2.13. The third-order valence-corrected chi connectivity index (χ3v) is 4.64. The summed E-state index contributed by atoms with van der Waals surface area (Å²) in [4.78, 5) is 5.57. The lowest BCUT2D eigenvalue weighted by atomic mass is 10.2. The predicted octanol–water partition coefficient (Wildman–Crippen LogP) is 4.30. The number of hydrogen-bond donors (Lipinski definition) is 1. The Labute approximate surface area is 124 Å². The molecule has 20 heavy (non-hydrogen) atoms. The maximum atomic E-state index is 13.5. The molecule has 0 amide bonds. The van der Waals surface area contributed by atoms with Crippen molar-refractivity contribution in [2.45, 2.75) is 13.1 Å². The molecule has 3 rings (SSSR count). The first-order valence-electron chi connectivity index (χ1n) is 6.24. The van der Waals surface area contributed by atoms with Crippen LogP contribution < -0.4 is 5.32 Å². The number of benzene rings is 1. The molecule has 0 aliphatic heterocycles. The van der Waals surface area contributed by atoms with E-state index in [-0.39, 0.29) is 5.82 Å². The number of thiazole rings is 1. The highest BCUT2D eigenvalue weighted by molar-refractivity contribution is 7.15. The summed E-state index contributed by atoms with van der Waals surface area (Å²) in [7, 11) is 0. The van der Waals surface area contributed by atoms with Crippen LogP contribution in [0.1, 0.15) is 10.6 Å². The molecule has 3 aromatic rings. The summed E-state index contributed by atoms with van der Waals surface area (Å²) >= 11 is 3.35. The zero-order valence-corrected chi connectivity index (χ0v) is 12.3. The van der Waals surface area contributed by atoms with Crippen LogP contribution in [0.5, 0.6) is 0 Å². The van der Waals surface area contributed by atoms with Gasteiger partial charge in [-0.15, -0.1) is 11.3 Å². The minimum absolute atomic E-state index is 0.168. The van der Waals surface area contributed by atoms with Crippen LogP contribution in [0.4, 0.5) is 4.39 Å². The standard InChI is InChI=1S/C15H13FN2S2/c16-13-4-2-1-3-11(13)7-17-9-15-18-8-14(20-15)12-5-6-19-10-12/h1-6,8,10,17H,7,9H2. The lowest BCUT2D eigenvalue weighted by Gasteiger charge is -2.03. The van der Waals surface area contributed by atoms with Crippen molar-refractivity contribution in [3.63, 3.8) is 0 Å². The van der Waals surface area contributed by atoms with E-state index in [0.29, 0.717) is 18.7 Å². The summed E-state index contributed by atoms with van der Waals surface area (Å²) in [6.07, 6.45) is 1.90. The molecular weight excluding hydrogens is 291 g/mol. The van der Waals surface area contributed by atoms with E-state index in [1.54, 1.807) is 34.8 Å². The van der Waals surface area contributed by atoms with E-state index in [4.69, 9.17) is 0 Å². The SMILES string of the molecule is Fc1ccccc1CNCc1ncc(-c2ccsc2)s1. The monoisotopic (exact) mass is 304 g/mol. The van der Waals surface area contributed by atoms with Gasteiger partial charge in [0.15, 0.2) is 0 Å². The number of nitrogens with zero attached hydrogens (tertiary/aromatic N) is 1. The summed E-state index contributed by atoms with van der Waals surface area (Å²) in [6.45, 7) is 1.17. The molecular formula is C15H13FN2S2. The number of aromatic nitrogens is 1. The third-order valence-electron chi connectivity index (χ3n) is 2.91. The summed E-state index contributed by atoms with van der Waals surface area (Å²) < 4.78 is 13.5. The van der Waals surface area contributed by atoms with Crippen LogP contribution in [0.2, 0.25) is 0 Å². The number of nitrogens with one attached hydrogen (secondary N) is 1. The smallest absolute Gasteiger partial charge is 0.127 e. The van der Waals surface area contributed by atoms with Crippen LogP contribution in [-0.2, 0) is 13.1 Å². The zero-order chi connectivity index (χ0) is 13.8. The fraction of sp³-hybridized carbons (Fsp3) is 0.133. The molecule has 0 bridgehead atoms. The molecule has 1 N–H and O–H groups in total. The van der Waals surface area contributed by atoms with Crippen LogP contribution in [0.25, 0.3) is 10.4 Å². The van der Waals surface area contributed by atoms with Crippen molar-refractivity contribution in [3.8, 4) is 10.4 Å². The molecule has 0 fully saturated rings. The Morgan fingerprint density at radius 2 is 2.05 bits per heavy atom. The quantitative estimate of drug-likeness (QED) is 0.760. The maximum absolute atomic E-state index is 13.5. The Morgan fingerprint density at radius 3 is 2.85 bits per heavy atom. The molecule has 0 atom stereocenters. The van der Waals surface area contributed by atoms with E-state index >= 15 is 0 Å². The van der Waals surface area contributed by atoms with E-state index in [1.807, 2.05) is 12.3 Å². The summed E-state index contributed by atoms with van der Waals surface area (Å²) in [5.41, 5.74) is 1.90. The van der Waals surface area contributed by atoms with Crippen LogP contribution in [0, 0.1) is 5.82 Å². The van der Waals surface area contributed by atoms with Crippen molar-refractivity contribution >= 4 is 22.7 Å². The van der Waals surface area contributed by atoms with Gasteiger partial charge in [-0.25, -0.2) is 9.37 Å². The van der Waals surface area contributed by atoms with Gasteiger partial charge < -0.3 is 5.32 Å². The molecule has 102 valence electrons. The van der Waals surface area contributed by atoms with Crippen molar-refractivity contribution < 1.29 is 4.39 Å². The van der Waals surface area contributed by atoms with E-state index in [2.05, 4.69) is 27.1 Å². The van der Waals surface area contributed by atoms with Gasteiger partial charge in [0, 0.05) is 30.4 Å². The van der Waals surface area contributed by atoms with Crippen molar-refractivity contribution in [3.05, 3.63) is 63.7 Å². The van der Waals surface area contributed by atoms with Gasteiger partial charge in [-0.05, 0) is 22.9 Å².